The molecular formula is C17H25NO3. The molecule has 0 saturated carbocycles. The third-order valence-electron chi connectivity index (χ3n) is 3.84. The average molecular weight is 291 g/mol. The topological polar surface area (TPSA) is 66.4 Å². The number of carbonyl (C=O) groups is 2. The number of carboxylic acid groups (broad SMARTS) is 1. The molecule has 4 heteroatoms. The molecule has 0 bridgehead atoms. The zero-order chi connectivity index (χ0) is 16.1. The molecule has 0 fully saturated rings. The molecule has 1 aromatic rings. The minimum Gasteiger partial charge on any atom is -0.481 e. The molecule has 0 aliphatic heterocycles. The van der Waals surface area contributed by atoms with Gasteiger partial charge in [0, 0.05) is 13.0 Å². The summed E-state index contributed by atoms with van der Waals surface area (Å²) in [6, 6.07) is 10.1. The summed E-state index contributed by atoms with van der Waals surface area (Å²) in [5.41, 5.74) is 0.176. The molecule has 0 aromatic heterocycles. The van der Waals surface area contributed by atoms with E-state index in [0.717, 1.165) is 6.42 Å². The Labute approximate surface area is 126 Å². The first-order chi connectivity index (χ1) is 9.65. The number of carbonyl (C=O) groups excluding carboxylic acids is 1. The van der Waals surface area contributed by atoms with Crippen LogP contribution in [-0.4, -0.2) is 23.5 Å². The molecule has 0 aliphatic carbocycles. The summed E-state index contributed by atoms with van der Waals surface area (Å²) in [6.45, 7) is 7.56. The van der Waals surface area contributed by atoms with E-state index in [-0.39, 0.29) is 17.9 Å². The monoisotopic (exact) mass is 291 g/mol. The number of hydrogen-bond donors (Lipinski definition) is 2. The van der Waals surface area contributed by atoms with E-state index in [2.05, 4.69) is 31.3 Å². The van der Waals surface area contributed by atoms with Crippen molar-refractivity contribution in [1.82, 2.24) is 5.32 Å². The van der Waals surface area contributed by atoms with Crippen molar-refractivity contribution in [3.63, 3.8) is 0 Å². The van der Waals surface area contributed by atoms with E-state index in [1.165, 1.54) is 5.56 Å². The van der Waals surface area contributed by atoms with Gasteiger partial charge in [-0.15, -0.1) is 0 Å². The summed E-state index contributed by atoms with van der Waals surface area (Å²) in [6.07, 6.45) is 1.11. The summed E-state index contributed by atoms with van der Waals surface area (Å²) in [5, 5.41) is 11.7. The highest BCUT2D eigenvalue weighted by Crippen LogP contribution is 2.28. The minimum atomic E-state index is -0.940. The molecule has 4 nitrogen and oxygen atoms in total. The molecule has 0 unspecified atom stereocenters. The van der Waals surface area contributed by atoms with Crippen molar-refractivity contribution in [2.75, 3.05) is 6.54 Å². The molecule has 2 N–H and O–H groups in total. The molecular weight excluding hydrogens is 266 g/mol. The number of nitrogens with one attached hydrogen (secondary N) is 1. The second kappa shape index (κ2) is 6.74. The molecule has 0 saturated heterocycles. The van der Waals surface area contributed by atoms with Gasteiger partial charge < -0.3 is 10.4 Å². The van der Waals surface area contributed by atoms with Crippen molar-refractivity contribution in [1.29, 1.82) is 0 Å². The van der Waals surface area contributed by atoms with E-state index in [1.54, 1.807) is 13.8 Å². The van der Waals surface area contributed by atoms with Gasteiger partial charge in [-0.25, -0.2) is 0 Å². The van der Waals surface area contributed by atoms with Crippen molar-refractivity contribution < 1.29 is 14.7 Å². The van der Waals surface area contributed by atoms with Crippen LogP contribution in [0.3, 0.4) is 0 Å². The lowest BCUT2D eigenvalue weighted by atomic mass is 9.80. The summed E-state index contributed by atoms with van der Waals surface area (Å²) >= 11 is 0. The van der Waals surface area contributed by atoms with Crippen LogP contribution in [0, 0.1) is 5.41 Å². The van der Waals surface area contributed by atoms with Crippen molar-refractivity contribution in [3.8, 4) is 0 Å². The van der Waals surface area contributed by atoms with Crippen molar-refractivity contribution in [2.24, 2.45) is 5.41 Å². The fourth-order valence-corrected chi connectivity index (χ4v) is 1.94. The predicted molar refractivity (Wildman–Crippen MR) is 83.1 cm³/mol. The van der Waals surface area contributed by atoms with Crippen molar-refractivity contribution in [2.45, 2.75) is 46.0 Å². The van der Waals surface area contributed by atoms with Gasteiger partial charge in [0.05, 0.1) is 5.41 Å². The second-order valence-electron chi connectivity index (χ2n) is 6.72. The second-order valence-corrected chi connectivity index (χ2v) is 6.72. The molecule has 0 radical (unpaired) electrons. The molecule has 0 aliphatic rings. The first-order valence-corrected chi connectivity index (χ1v) is 7.21. The summed E-state index contributed by atoms with van der Waals surface area (Å²) in [5.74, 6) is -1.01. The SMILES string of the molecule is CC(C)(CNC(=O)CCC(C)(C)c1ccccc1)C(=O)O. The van der Waals surface area contributed by atoms with E-state index < -0.39 is 11.4 Å². The zero-order valence-electron chi connectivity index (χ0n) is 13.3. The highest BCUT2D eigenvalue weighted by atomic mass is 16.4. The molecule has 0 heterocycles. The summed E-state index contributed by atoms with van der Waals surface area (Å²) in [4.78, 5) is 22.9. The Bertz CT molecular complexity index is 492. The van der Waals surface area contributed by atoms with Gasteiger partial charge in [-0.2, -0.15) is 0 Å². The van der Waals surface area contributed by atoms with Gasteiger partial charge in [0.1, 0.15) is 0 Å². The van der Waals surface area contributed by atoms with Gasteiger partial charge in [-0.05, 0) is 31.2 Å². The number of rotatable bonds is 7. The maximum absolute atomic E-state index is 11.9. The molecule has 1 amide bonds. The fourth-order valence-electron chi connectivity index (χ4n) is 1.94. The van der Waals surface area contributed by atoms with Gasteiger partial charge in [0.15, 0.2) is 0 Å². The number of hydrogen-bond acceptors (Lipinski definition) is 2. The largest absolute Gasteiger partial charge is 0.481 e. The van der Waals surface area contributed by atoms with Gasteiger partial charge >= 0.3 is 5.97 Å². The Balaban J connectivity index is 2.48. The van der Waals surface area contributed by atoms with Crippen LogP contribution in [0.25, 0.3) is 0 Å². The standard InChI is InChI=1S/C17H25NO3/c1-16(2,13-8-6-5-7-9-13)11-10-14(19)18-12-17(3,4)15(20)21/h5-9H,10-12H2,1-4H3,(H,18,19)(H,20,21). The first-order valence-electron chi connectivity index (χ1n) is 7.21. The van der Waals surface area contributed by atoms with Gasteiger partial charge in [-0.3, -0.25) is 9.59 Å². The van der Waals surface area contributed by atoms with Crippen LogP contribution in [0.15, 0.2) is 30.3 Å². The Morgan fingerprint density at radius 3 is 2.19 bits per heavy atom. The molecule has 116 valence electrons. The van der Waals surface area contributed by atoms with E-state index >= 15 is 0 Å². The Hall–Kier alpha value is -1.84. The van der Waals surface area contributed by atoms with Gasteiger partial charge in [0.2, 0.25) is 5.91 Å². The van der Waals surface area contributed by atoms with Crippen LogP contribution in [0.2, 0.25) is 0 Å². The zero-order valence-corrected chi connectivity index (χ0v) is 13.3. The van der Waals surface area contributed by atoms with Crippen LogP contribution in [0.4, 0.5) is 0 Å². The van der Waals surface area contributed by atoms with E-state index in [9.17, 15) is 9.59 Å². The van der Waals surface area contributed by atoms with Crippen LogP contribution >= 0.6 is 0 Å². The number of aliphatic carboxylic acids is 1. The number of benzene rings is 1. The highest BCUT2D eigenvalue weighted by Gasteiger charge is 2.28. The number of carboxylic acids is 1. The maximum Gasteiger partial charge on any atom is 0.310 e. The molecule has 0 atom stereocenters. The third-order valence-corrected chi connectivity index (χ3v) is 3.84. The van der Waals surface area contributed by atoms with Crippen LogP contribution in [0.5, 0.6) is 0 Å². The number of amides is 1. The van der Waals surface area contributed by atoms with Crippen LogP contribution in [-0.2, 0) is 15.0 Å². The van der Waals surface area contributed by atoms with Crippen molar-refractivity contribution in [3.05, 3.63) is 35.9 Å². The molecule has 21 heavy (non-hydrogen) atoms. The Kier molecular flexibility index (Phi) is 5.53. The lowest BCUT2D eigenvalue weighted by Gasteiger charge is -2.25. The van der Waals surface area contributed by atoms with E-state index in [1.807, 2.05) is 18.2 Å². The third kappa shape index (κ3) is 5.21. The smallest absolute Gasteiger partial charge is 0.310 e. The lowest BCUT2D eigenvalue weighted by molar-refractivity contribution is -0.146. The molecule has 1 rings (SSSR count). The summed E-state index contributed by atoms with van der Waals surface area (Å²) < 4.78 is 0. The van der Waals surface area contributed by atoms with Gasteiger partial charge in [-0.1, -0.05) is 44.2 Å². The quantitative estimate of drug-likeness (QED) is 0.811. The van der Waals surface area contributed by atoms with Crippen molar-refractivity contribution >= 4 is 11.9 Å². The van der Waals surface area contributed by atoms with Crippen LogP contribution in [0.1, 0.15) is 46.1 Å². The van der Waals surface area contributed by atoms with Crippen LogP contribution < -0.4 is 5.32 Å². The summed E-state index contributed by atoms with van der Waals surface area (Å²) in [7, 11) is 0. The maximum atomic E-state index is 11.9. The molecule has 0 spiro atoms. The molecule has 1 aromatic carbocycles. The first kappa shape index (κ1) is 17.2. The fraction of sp³-hybridized carbons (Fsp3) is 0.529. The average Bonchev–Trinajstić information content (AvgIpc) is 2.44. The predicted octanol–water partition coefficient (Wildman–Crippen LogP) is 2.97. The van der Waals surface area contributed by atoms with E-state index in [4.69, 9.17) is 5.11 Å². The normalized spacial score (nSPS) is 12.0. The van der Waals surface area contributed by atoms with E-state index in [0.29, 0.717) is 6.42 Å². The Morgan fingerprint density at radius 1 is 1.10 bits per heavy atom. The lowest BCUT2D eigenvalue weighted by Crippen LogP contribution is -2.39. The van der Waals surface area contributed by atoms with Gasteiger partial charge in [0.25, 0.3) is 0 Å². The Morgan fingerprint density at radius 2 is 1.67 bits per heavy atom. The highest BCUT2D eigenvalue weighted by molar-refractivity contribution is 5.78. The minimum absolute atomic E-state index is 0.0824.